The first kappa shape index (κ1) is 16.7. The van der Waals surface area contributed by atoms with Crippen LogP contribution in [0.1, 0.15) is 31.9 Å². The van der Waals surface area contributed by atoms with Gasteiger partial charge in [0.1, 0.15) is 0 Å². The van der Waals surface area contributed by atoms with Gasteiger partial charge in [0.2, 0.25) is 0 Å². The van der Waals surface area contributed by atoms with Crippen LogP contribution < -0.4 is 0 Å². The van der Waals surface area contributed by atoms with Crippen molar-refractivity contribution in [1.82, 2.24) is 14.7 Å². The van der Waals surface area contributed by atoms with Gasteiger partial charge >= 0.3 is 0 Å². The molecule has 1 aromatic carbocycles. The lowest BCUT2D eigenvalue weighted by Crippen LogP contribution is -2.28. The summed E-state index contributed by atoms with van der Waals surface area (Å²) in [6.45, 7) is 9.06. The maximum Gasteiger partial charge on any atom is 0.0558 e. The van der Waals surface area contributed by atoms with E-state index in [4.69, 9.17) is 0 Å². The Morgan fingerprint density at radius 2 is 1.82 bits per heavy atom. The maximum absolute atomic E-state index is 9.28. The standard InChI is InChI=1S/C18H27N3O/c1-18(2,3)21-15-17(13-19-21)14-20(11-12-22)10-9-16-7-5-4-6-8-16/h4-8,13,15,22H,9-12,14H2,1-3H3. The van der Waals surface area contributed by atoms with Crippen LogP contribution in [0.15, 0.2) is 42.7 Å². The molecule has 1 N–H and O–H groups in total. The van der Waals surface area contributed by atoms with Crippen LogP contribution in [0.5, 0.6) is 0 Å². The van der Waals surface area contributed by atoms with E-state index in [1.807, 2.05) is 16.9 Å². The molecule has 120 valence electrons. The van der Waals surface area contributed by atoms with Crippen molar-refractivity contribution in [2.45, 2.75) is 39.3 Å². The Morgan fingerprint density at radius 3 is 2.41 bits per heavy atom. The third kappa shape index (κ3) is 4.97. The Balaban J connectivity index is 1.95. The average molecular weight is 301 g/mol. The van der Waals surface area contributed by atoms with Crippen LogP contribution in [0.3, 0.4) is 0 Å². The highest BCUT2D eigenvalue weighted by Gasteiger charge is 2.15. The van der Waals surface area contributed by atoms with Crippen molar-refractivity contribution in [2.75, 3.05) is 19.7 Å². The topological polar surface area (TPSA) is 41.3 Å². The highest BCUT2D eigenvalue weighted by Crippen LogP contribution is 2.14. The van der Waals surface area contributed by atoms with E-state index in [-0.39, 0.29) is 12.1 Å². The Labute approximate surface area is 133 Å². The third-order valence-electron chi connectivity index (χ3n) is 3.71. The zero-order valence-electron chi connectivity index (χ0n) is 13.9. The number of hydrogen-bond donors (Lipinski definition) is 1. The van der Waals surface area contributed by atoms with Crippen molar-refractivity contribution >= 4 is 0 Å². The summed E-state index contributed by atoms with van der Waals surface area (Å²) >= 11 is 0. The number of benzene rings is 1. The molecule has 2 aromatic rings. The van der Waals surface area contributed by atoms with E-state index in [1.54, 1.807) is 0 Å². The van der Waals surface area contributed by atoms with Gasteiger partial charge in [-0.3, -0.25) is 9.58 Å². The Kier molecular flexibility index (Phi) is 5.75. The molecular formula is C18H27N3O. The lowest BCUT2D eigenvalue weighted by atomic mass is 10.1. The quantitative estimate of drug-likeness (QED) is 0.855. The molecule has 4 heteroatoms. The van der Waals surface area contributed by atoms with Crippen LogP contribution in [0.4, 0.5) is 0 Å². The van der Waals surface area contributed by atoms with Crippen molar-refractivity contribution in [3.8, 4) is 0 Å². The molecule has 0 amide bonds. The molecule has 0 spiro atoms. The first-order valence-corrected chi connectivity index (χ1v) is 7.90. The second kappa shape index (κ2) is 7.56. The molecule has 0 radical (unpaired) electrons. The molecule has 0 unspecified atom stereocenters. The van der Waals surface area contributed by atoms with Gasteiger partial charge in [-0.1, -0.05) is 30.3 Å². The minimum Gasteiger partial charge on any atom is -0.395 e. The number of hydrogen-bond acceptors (Lipinski definition) is 3. The zero-order chi connectivity index (χ0) is 16.0. The number of nitrogens with zero attached hydrogens (tertiary/aromatic N) is 3. The Morgan fingerprint density at radius 1 is 1.09 bits per heavy atom. The first-order chi connectivity index (χ1) is 10.5. The van der Waals surface area contributed by atoms with Gasteiger partial charge in [0.25, 0.3) is 0 Å². The summed E-state index contributed by atoms with van der Waals surface area (Å²) in [5.74, 6) is 0. The molecule has 0 aliphatic rings. The molecule has 22 heavy (non-hydrogen) atoms. The fourth-order valence-corrected chi connectivity index (χ4v) is 2.41. The lowest BCUT2D eigenvalue weighted by molar-refractivity contribution is 0.191. The smallest absolute Gasteiger partial charge is 0.0558 e. The van der Waals surface area contributed by atoms with E-state index in [1.165, 1.54) is 11.1 Å². The van der Waals surface area contributed by atoms with Gasteiger partial charge in [0, 0.05) is 31.4 Å². The minimum absolute atomic E-state index is 0.00406. The average Bonchev–Trinajstić information content (AvgIpc) is 2.95. The number of aliphatic hydroxyl groups excluding tert-OH is 1. The molecule has 2 rings (SSSR count). The summed E-state index contributed by atoms with van der Waals surface area (Å²) in [5, 5.41) is 13.7. The summed E-state index contributed by atoms with van der Waals surface area (Å²) in [6.07, 6.45) is 5.03. The molecule has 1 aromatic heterocycles. The summed E-state index contributed by atoms with van der Waals surface area (Å²) in [5.41, 5.74) is 2.52. The van der Waals surface area contributed by atoms with Crippen molar-refractivity contribution in [3.63, 3.8) is 0 Å². The molecule has 0 saturated carbocycles. The molecule has 0 fully saturated rings. The van der Waals surface area contributed by atoms with Crippen LogP contribution in [0.2, 0.25) is 0 Å². The molecule has 0 saturated heterocycles. The highest BCUT2D eigenvalue weighted by atomic mass is 16.3. The zero-order valence-corrected chi connectivity index (χ0v) is 13.9. The number of rotatable bonds is 7. The van der Waals surface area contributed by atoms with Crippen LogP contribution in [0.25, 0.3) is 0 Å². The SMILES string of the molecule is CC(C)(C)n1cc(CN(CCO)CCc2ccccc2)cn1. The molecule has 0 atom stereocenters. The van der Waals surface area contributed by atoms with Gasteiger partial charge < -0.3 is 5.11 Å². The monoisotopic (exact) mass is 301 g/mol. The van der Waals surface area contributed by atoms with Crippen molar-refractivity contribution in [3.05, 3.63) is 53.9 Å². The fraction of sp³-hybridized carbons (Fsp3) is 0.500. The predicted octanol–water partition coefficient (Wildman–Crippen LogP) is 2.68. The van der Waals surface area contributed by atoms with Crippen molar-refractivity contribution in [1.29, 1.82) is 0 Å². The highest BCUT2D eigenvalue weighted by molar-refractivity contribution is 5.15. The van der Waals surface area contributed by atoms with E-state index >= 15 is 0 Å². The van der Waals surface area contributed by atoms with Gasteiger partial charge in [-0.2, -0.15) is 5.10 Å². The van der Waals surface area contributed by atoms with E-state index in [9.17, 15) is 5.11 Å². The van der Waals surface area contributed by atoms with Gasteiger partial charge in [-0.25, -0.2) is 0 Å². The molecule has 0 aliphatic carbocycles. The Hall–Kier alpha value is -1.65. The molecule has 0 bridgehead atoms. The van der Waals surface area contributed by atoms with Crippen LogP contribution in [-0.2, 0) is 18.5 Å². The van der Waals surface area contributed by atoms with E-state index in [2.05, 4.69) is 61.2 Å². The molecular weight excluding hydrogens is 274 g/mol. The summed E-state index contributed by atoms with van der Waals surface area (Å²) in [6, 6.07) is 10.5. The largest absolute Gasteiger partial charge is 0.395 e. The van der Waals surface area contributed by atoms with E-state index in [0.29, 0.717) is 6.54 Å². The molecule has 1 heterocycles. The fourth-order valence-electron chi connectivity index (χ4n) is 2.41. The van der Waals surface area contributed by atoms with Gasteiger partial charge in [0.15, 0.2) is 0 Å². The van der Waals surface area contributed by atoms with E-state index in [0.717, 1.165) is 19.5 Å². The van der Waals surface area contributed by atoms with Crippen molar-refractivity contribution in [2.24, 2.45) is 0 Å². The van der Waals surface area contributed by atoms with Crippen LogP contribution >= 0.6 is 0 Å². The normalized spacial score (nSPS) is 12.0. The van der Waals surface area contributed by atoms with E-state index < -0.39 is 0 Å². The lowest BCUT2D eigenvalue weighted by Gasteiger charge is -2.21. The Bertz CT molecular complexity index is 557. The van der Waals surface area contributed by atoms with Crippen molar-refractivity contribution < 1.29 is 5.11 Å². The second-order valence-electron chi connectivity index (χ2n) is 6.70. The minimum atomic E-state index is 0.00406. The summed E-state index contributed by atoms with van der Waals surface area (Å²) < 4.78 is 2.00. The van der Waals surface area contributed by atoms with Gasteiger partial charge in [0.05, 0.1) is 18.3 Å². The van der Waals surface area contributed by atoms with Crippen LogP contribution in [0, 0.1) is 0 Å². The van der Waals surface area contributed by atoms with Gasteiger partial charge in [-0.05, 0) is 32.8 Å². The maximum atomic E-state index is 9.28. The second-order valence-corrected chi connectivity index (χ2v) is 6.70. The molecule has 4 nitrogen and oxygen atoms in total. The van der Waals surface area contributed by atoms with Gasteiger partial charge in [-0.15, -0.1) is 0 Å². The predicted molar refractivity (Wildman–Crippen MR) is 89.7 cm³/mol. The molecule has 0 aliphatic heterocycles. The third-order valence-corrected chi connectivity index (χ3v) is 3.71. The first-order valence-electron chi connectivity index (χ1n) is 7.90. The summed E-state index contributed by atoms with van der Waals surface area (Å²) in [4.78, 5) is 2.27. The number of aliphatic hydroxyl groups is 1. The summed E-state index contributed by atoms with van der Waals surface area (Å²) in [7, 11) is 0. The van der Waals surface area contributed by atoms with Crippen LogP contribution in [-0.4, -0.2) is 39.5 Å². The number of aromatic nitrogens is 2.